The first-order valence-corrected chi connectivity index (χ1v) is 13.2. The third-order valence-corrected chi connectivity index (χ3v) is 7.75. The van der Waals surface area contributed by atoms with Gasteiger partial charge in [-0.25, -0.2) is 0 Å². The standard InChI is InChI=1S/C24H21N5O6S2/c1-16-8-11-19(12-9-16)37(33,34)28-24(26-23(27-28)17-6-4-3-5-7-17)36-15-22(30)25-20-13-10-18(29(31)32)14-21(20)35-2/h3-14H,15H2,1-2H3,(H,25,30). The van der Waals surface area contributed by atoms with Crippen molar-refractivity contribution in [3.05, 3.63) is 88.5 Å². The number of rotatable bonds is 9. The third kappa shape index (κ3) is 5.78. The van der Waals surface area contributed by atoms with Crippen LogP contribution in [0.25, 0.3) is 11.4 Å². The summed E-state index contributed by atoms with van der Waals surface area (Å²) < 4.78 is 32.7. The highest BCUT2D eigenvalue weighted by Crippen LogP contribution is 2.30. The van der Waals surface area contributed by atoms with Crippen molar-refractivity contribution in [1.29, 1.82) is 0 Å². The second-order valence-electron chi connectivity index (χ2n) is 7.72. The number of nitrogens with zero attached hydrogens (tertiary/aromatic N) is 4. The number of non-ortho nitro benzene ring substituents is 1. The summed E-state index contributed by atoms with van der Waals surface area (Å²) in [6.45, 7) is 1.85. The fourth-order valence-corrected chi connectivity index (χ4v) is 5.46. The maximum Gasteiger partial charge on any atom is 0.285 e. The van der Waals surface area contributed by atoms with Crippen LogP contribution in [0.3, 0.4) is 0 Å². The van der Waals surface area contributed by atoms with Gasteiger partial charge in [0, 0.05) is 11.6 Å². The largest absolute Gasteiger partial charge is 0.494 e. The quantitative estimate of drug-likeness (QED) is 0.188. The molecule has 0 saturated heterocycles. The van der Waals surface area contributed by atoms with Crippen molar-refractivity contribution in [3.8, 4) is 17.1 Å². The average Bonchev–Trinajstić information content (AvgIpc) is 3.34. The van der Waals surface area contributed by atoms with E-state index in [1.807, 2.05) is 13.0 Å². The van der Waals surface area contributed by atoms with Crippen LogP contribution < -0.4 is 10.1 Å². The van der Waals surface area contributed by atoms with Crippen LogP contribution in [0.2, 0.25) is 0 Å². The highest BCUT2D eigenvalue weighted by Gasteiger charge is 2.25. The topological polar surface area (TPSA) is 146 Å². The molecule has 1 amide bonds. The van der Waals surface area contributed by atoms with Gasteiger partial charge in [0.15, 0.2) is 5.82 Å². The molecule has 0 unspecified atom stereocenters. The molecule has 0 aliphatic rings. The first kappa shape index (κ1) is 25.9. The molecule has 0 bridgehead atoms. The number of ether oxygens (including phenoxy) is 1. The summed E-state index contributed by atoms with van der Waals surface area (Å²) in [4.78, 5) is 27.5. The maximum atomic E-state index is 13.4. The molecule has 3 aromatic carbocycles. The Bertz CT molecular complexity index is 1550. The lowest BCUT2D eigenvalue weighted by Gasteiger charge is -2.10. The lowest BCUT2D eigenvalue weighted by atomic mass is 10.2. The fourth-order valence-electron chi connectivity index (χ4n) is 3.26. The molecule has 190 valence electrons. The highest BCUT2D eigenvalue weighted by molar-refractivity contribution is 8.00. The second kappa shape index (κ2) is 10.8. The smallest absolute Gasteiger partial charge is 0.285 e. The van der Waals surface area contributed by atoms with Crippen molar-refractivity contribution in [2.75, 3.05) is 18.2 Å². The number of anilines is 1. The van der Waals surface area contributed by atoms with Gasteiger partial charge in [0.25, 0.3) is 15.7 Å². The summed E-state index contributed by atoms with van der Waals surface area (Å²) in [6.07, 6.45) is 0. The van der Waals surface area contributed by atoms with E-state index in [1.54, 1.807) is 36.4 Å². The van der Waals surface area contributed by atoms with E-state index in [4.69, 9.17) is 4.74 Å². The number of carbonyl (C=O) groups is 1. The van der Waals surface area contributed by atoms with Crippen LogP contribution in [0.5, 0.6) is 5.75 Å². The van der Waals surface area contributed by atoms with E-state index >= 15 is 0 Å². The minimum absolute atomic E-state index is 0.00485. The molecule has 11 nitrogen and oxygen atoms in total. The predicted molar refractivity (Wildman–Crippen MR) is 138 cm³/mol. The molecule has 0 saturated carbocycles. The number of nitrogens with one attached hydrogen (secondary N) is 1. The number of hydrogen-bond donors (Lipinski definition) is 1. The molecule has 1 aromatic heterocycles. The van der Waals surface area contributed by atoms with Crippen molar-refractivity contribution in [1.82, 2.24) is 14.2 Å². The van der Waals surface area contributed by atoms with Gasteiger partial charge >= 0.3 is 0 Å². The van der Waals surface area contributed by atoms with Gasteiger partial charge in [-0.3, -0.25) is 14.9 Å². The van der Waals surface area contributed by atoms with E-state index in [1.165, 1.54) is 37.4 Å². The number of thioether (sulfide) groups is 1. The van der Waals surface area contributed by atoms with Crippen LogP contribution in [0.1, 0.15) is 5.56 Å². The van der Waals surface area contributed by atoms with Crippen LogP contribution in [0.15, 0.2) is 82.8 Å². The third-order valence-electron chi connectivity index (χ3n) is 5.13. The molecule has 4 rings (SSSR count). The van der Waals surface area contributed by atoms with Crippen LogP contribution in [-0.4, -0.2) is 46.3 Å². The Morgan fingerprint density at radius 3 is 2.46 bits per heavy atom. The Morgan fingerprint density at radius 1 is 1.11 bits per heavy atom. The normalized spacial score (nSPS) is 11.2. The zero-order chi connectivity index (χ0) is 26.6. The van der Waals surface area contributed by atoms with Gasteiger partial charge < -0.3 is 10.1 Å². The van der Waals surface area contributed by atoms with E-state index in [2.05, 4.69) is 15.4 Å². The second-order valence-corrected chi connectivity index (χ2v) is 10.4. The van der Waals surface area contributed by atoms with E-state index < -0.39 is 20.9 Å². The Labute approximate surface area is 216 Å². The van der Waals surface area contributed by atoms with Crippen molar-refractivity contribution < 1.29 is 22.9 Å². The minimum Gasteiger partial charge on any atom is -0.494 e. The molecule has 4 aromatic rings. The maximum absolute atomic E-state index is 13.4. The molecule has 1 heterocycles. The van der Waals surface area contributed by atoms with Crippen LogP contribution in [0, 0.1) is 17.0 Å². The van der Waals surface area contributed by atoms with Crippen LogP contribution in [0.4, 0.5) is 11.4 Å². The Balaban J connectivity index is 1.61. The number of carbonyl (C=O) groups excluding carboxylic acids is 1. The number of aryl methyl sites for hydroxylation is 1. The van der Waals surface area contributed by atoms with E-state index in [9.17, 15) is 23.3 Å². The summed E-state index contributed by atoms with van der Waals surface area (Å²) in [5.41, 5.74) is 1.56. The molecule has 0 radical (unpaired) electrons. The number of methoxy groups -OCH3 is 1. The summed E-state index contributed by atoms with van der Waals surface area (Å²) >= 11 is 0.885. The number of amides is 1. The van der Waals surface area contributed by atoms with Gasteiger partial charge in [0.05, 0.1) is 34.4 Å². The zero-order valence-electron chi connectivity index (χ0n) is 19.7. The molecule has 37 heavy (non-hydrogen) atoms. The predicted octanol–water partition coefficient (Wildman–Crippen LogP) is 4.14. The van der Waals surface area contributed by atoms with Gasteiger partial charge in [0.1, 0.15) is 5.75 Å². The van der Waals surface area contributed by atoms with E-state index in [0.717, 1.165) is 21.4 Å². The number of hydrogen-bond acceptors (Lipinski definition) is 9. The van der Waals surface area contributed by atoms with Gasteiger partial charge in [-0.2, -0.15) is 13.4 Å². The molecule has 0 aliphatic heterocycles. The van der Waals surface area contributed by atoms with Gasteiger partial charge in [-0.05, 0) is 25.1 Å². The molecule has 0 spiro atoms. The lowest BCUT2D eigenvalue weighted by molar-refractivity contribution is -0.384. The Morgan fingerprint density at radius 2 is 1.81 bits per heavy atom. The molecule has 13 heteroatoms. The molecular formula is C24H21N5O6S2. The SMILES string of the molecule is COc1cc([N+](=O)[O-])ccc1NC(=O)CSc1nc(-c2ccccc2)nn1S(=O)(=O)c1ccc(C)cc1. The number of nitro benzene ring substituents is 1. The average molecular weight is 540 g/mol. The molecule has 1 N–H and O–H groups in total. The van der Waals surface area contributed by atoms with E-state index in [0.29, 0.717) is 5.56 Å². The van der Waals surface area contributed by atoms with Gasteiger partial charge in [-0.15, -0.1) is 9.19 Å². The highest BCUT2D eigenvalue weighted by atomic mass is 32.2. The molecule has 0 fully saturated rings. The van der Waals surface area contributed by atoms with Crippen molar-refractivity contribution >= 4 is 39.1 Å². The molecule has 0 atom stereocenters. The first-order chi connectivity index (χ1) is 17.7. The summed E-state index contributed by atoms with van der Waals surface area (Å²) in [5.74, 6) is -0.405. The summed E-state index contributed by atoms with van der Waals surface area (Å²) in [5, 5.41) is 17.9. The Hall–Kier alpha value is -4.23. The number of nitro groups is 1. The van der Waals surface area contributed by atoms with Crippen molar-refractivity contribution in [2.45, 2.75) is 17.0 Å². The minimum atomic E-state index is -4.10. The van der Waals surface area contributed by atoms with Gasteiger partial charge in [0.2, 0.25) is 11.1 Å². The lowest BCUT2D eigenvalue weighted by Crippen LogP contribution is -2.18. The Kier molecular flexibility index (Phi) is 7.55. The number of benzene rings is 3. The number of aromatic nitrogens is 3. The van der Waals surface area contributed by atoms with Gasteiger partial charge in [-0.1, -0.05) is 59.8 Å². The summed E-state index contributed by atoms with van der Waals surface area (Å²) in [7, 11) is -2.77. The van der Waals surface area contributed by atoms with Crippen LogP contribution in [-0.2, 0) is 14.8 Å². The van der Waals surface area contributed by atoms with Crippen LogP contribution >= 0.6 is 11.8 Å². The molecule has 0 aliphatic carbocycles. The van der Waals surface area contributed by atoms with Crippen molar-refractivity contribution in [3.63, 3.8) is 0 Å². The zero-order valence-corrected chi connectivity index (χ0v) is 21.3. The first-order valence-electron chi connectivity index (χ1n) is 10.8. The molecular weight excluding hydrogens is 518 g/mol. The fraction of sp³-hybridized carbons (Fsp3) is 0.125. The monoisotopic (exact) mass is 539 g/mol. The van der Waals surface area contributed by atoms with Crippen molar-refractivity contribution in [2.24, 2.45) is 0 Å². The summed E-state index contributed by atoms with van der Waals surface area (Å²) in [6, 6.07) is 19.0. The van der Waals surface area contributed by atoms with E-state index in [-0.39, 0.29) is 38.8 Å².